The summed E-state index contributed by atoms with van der Waals surface area (Å²) in [4.78, 5) is 25.3. The zero-order valence-corrected chi connectivity index (χ0v) is 23.0. The minimum Gasteiger partial charge on any atom is -0.462 e. The summed E-state index contributed by atoms with van der Waals surface area (Å²) in [5.41, 5.74) is 5.64. The zero-order valence-electron chi connectivity index (χ0n) is 22.1. The molecule has 0 saturated carbocycles. The van der Waals surface area contributed by atoms with E-state index in [-0.39, 0.29) is 18.3 Å². The molecule has 11 nitrogen and oxygen atoms in total. The molecule has 4 aromatic rings. The van der Waals surface area contributed by atoms with Crippen LogP contribution in [-0.2, 0) is 25.4 Å². The minimum absolute atomic E-state index is 0.287. The fraction of sp³-hybridized carbons (Fsp3) is 0.385. The first-order valence-corrected chi connectivity index (χ1v) is 14.1. The van der Waals surface area contributed by atoms with Gasteiger partial charge in [0, 0.05) is 5.39 Å². The summed E-state index contributed by atoms with van der Waals surface area (Å²) >= 11 is 0. The largest absolute Gasteiger partial charge is 0.462 e. The molecule has 2 aromatic carbocycles. The van der Waals surface area contributed by atoms with Gasteiger partial charge in [-0.2, -0.15) is 0 Å². The Kier molecular flexibility index (Phi) is 8.01. The van der Waals surface area contributed by atoms with Gasteiger partial charge in [-0.05, 0) is 46.1 Å². The summed E-state index contributed by atoms with van der Waals surface area (Å²) in [6, 6.07) is 13.1. The second kappa shape index (κ2) is 11.1. The number of rotatable bonds is 11. The molecular formula is C26H33N6O5P. The molecule has 0 spiro atoms. The number of hydrogen-bond acceptors (Lipinski definition) is 9. The third-order valence-electron chi connectivity index (χ3n) is 5.71. The number of nitrogens with two attached hydrogens (primary N) is 1. The standard InChI is InChI=1S/C26H33N6O5P/c1-17(2)36-25(33)26(4,5)31-38(34,37-21-12-8-10-19-9-6-7-11-20(19)21)16-35-18(3)13-32-15-30-22-23(27)28-14-29-24(22)32/h6-12,14-15,17-18H,13,16H2,1-5H3,(H,31,34)(H2,27,28,29)/t18-,38?/m1/s1. The first kappa shape index (κ1) is 27.5. The number of esters is 1. The maximum atomic E-state index is 14.3. The Morgan fingerprint density at radius 1 is 1.11 bits per heavy atom. The third-order valence-corrected chi connectivity index (χ3v) is 7.59. The molecule has 0 saturated heterocycles. The smallest absolute Gasteiger partial charge is 0.342 e. The van der Waals surface area contributed by atoms with E-state index in [9.17, 15) is 9.36 Å². The fourth-order valence-corrected chi connectivity index (χ4v) is 5.97. The van der Waals surface area contributed by atoms with Crippen molar-refractivity contribution >= 4 is 41.2 Å². The van der Waals surface area contributed by atoms with Crippen LogP contribution in [0.25, 0.3) is 21.9 Å². The van der Waals surface area contributed by atoms with Crippen LogP contribution in [0.2, 0.25) is 0 Å². The average molecular weight is 541 g/mol. The van der Waals surface area contributed by atoms with Gasteiger partial charge in [-0.25, -0.2) is 20.0 Å². The topological polar surface area (TPSA) is 143 Å². The molecule has 4 rings (SSSR count). The minimum atomic E-state index is -3.81. The summed E-state index contributed by atoms with van der Waals surface area (Å²) < 4.78 is 33.6. The van der Waals surface area contributed by atoms with Crippen molar-refractivity contribution in [3.8, 4) is 5.75 Å². The Bertz CT molecular complexity index is 1480. The fourth-order valence-electron chi connectivity index (χ4n) is 3.94. The van der Waals surface area contributed by atoms with E-state index < -0.39 is 25.1 Å². The van der Waals surface area contributed by atoms with Crippen molar-refractivity contribution in [1.29, 1.82) is 0 Å². The van der Waals surface area contributed by atoms with Crippen molar-refractivity contribution in [2.45, 2.75) is 58.9 Å². The number of ether oxygens (including phenoxy) is 2. The van der Waals surface area contributed by atoms with E-state index in [2.05, 4.69) is 20.0 Å². The van der Waals surface area contributed by atoms with E-state index >= 15 is 0 Å². The lowest BCUT2D eigenvalue weighted by Gasteiger charge is -2.31. The van der Waals surface area contributed by atoms with Crippen LogP contribution in [0, 0.1) is 0 Å². The quantitative estimate of drug-likeness (QED) is 0.206. The Morgan fingerprint density at radius 3 is 2.61 bits per heavy atom. The Balaban J connectivity index is 1.57. The highest BCUT2D eigenvalue weighted by Gasteiger charge is 2.40. The second-order valence-electron chi connectivity index (χ2n) is 9.87. The maximum Gasteiger partial charge on any atom is 0.342 e. The van der Waals surface area contributed by atoms with Gasteiger partial charge in [-0.3, -0.25) is 9.36 Å². The number of anilines is 1. The van der Waals surface area contributed by atoms with Crippen molar-refractivity contribution in [2.75, 3.05) is 12.1 Å². The number of aromatic nitrogens is 4. The van der Waals surface area contributed by atoms with Gasteiger partial charge in [0.05, 0.1) is 25.1 Å². The number of fused-ring (bicyclic) bond motifs is 2. The lowest BCUT2D eigenvalue weighted by atomic mass is 10.1. The second-order valence-corrected chi connectivity index (χ2v) is 11.9. The van der Waals surface area contributed by atoms with Gasteiger partial charge in [0.1, 0.15) is 29.5 Å². The molecular weight excluding hydrogens is 507 g/mol. The van der Waals surface area contributed by atoms with Crippen molar-refractivity contribution in [2.24, 2.45) is 0 Å². The maximum absolute atomic E-state index is 14.3. The number of hydrogen-bond donors (Lipinski definition) is 2. The molecule has 38 heavy (non-hydrogen) atoms. The van der Waals surface area contributed by atoms with Crippen LogP contribution in [0.1, 0.15) is 34.6 Å². The number of nitrogens with zero attached hydrogens (tertiary/aromatic N) is 4. The Hall–Kier alpha value is -3.53. The monoisotopic (exact) mass is 540 g/mol. The molecule has 0 radical (unpaired) electrons. The van der Waals surface area contributed by atoms with Gasteiger partial charge in [0.2, 0.25) is 0 Å². The highest BCUT2D eigenvalue weighted by Crippen LogP contribution is 2.47. The van der Waals surface area contributed by atoms with E-state index in [1.165, 1.54) is 6.33 Å². The van der Waals surface area contributed by atoms with E-state index in [4.69, 9.17) is 19.7 Å². The first-order valence-electron chi connectivity index (χ1n) is 12.3. The summed E-state index contributed by atoms with van der Waals surface area (Å²) in [5, 5.41) is 4.63. The van der Waals surface area contributed by atoms with Crippen LogP contribution < -0.4 is 15.3 Å². The van der Waals surface area contributed by atoms with Crippen LogP contribution in [0.4, 0.5) is 5.82 Å². The van der Waals surface area contributed by atoms with Crippen LogP contribution in [0.3, 0.4) is 0 Å². The molecule has 0 aliphatic rings. The lowest BCUT2D eigenvalue weighted by Crippen LogP contribution is -2.48. The third kappa shape index (κ3) is 6.30. The molecule has 0 aliphatic carbocycles. The summed E-state index contributed by atoms with van der Waals surface area (Å²) in [6.07, 6.45) is 1.92. The van der Waals surface area contributed by atoms with E-state index in [1.807, 2.05) is 43.3 Å². The highest BCUT2D eigenvalue weighted by atomic mass is 31.2. The molecule has 2 heterocycles. The number of carbonyl (C=O) groups is 1. The molecule has 1 unspecified atom stereocenters. The molecule has 3 N–H and O–H groups in total. The van der Waals surface area contributed by atoms with Crippen molar-refractivity contribution in [3.05, 3.63) is 55.1 Å². The van der Waals surface area contributed by atoms with Crippen LogP contribution in [0.5, 0.6) is 5.75 Å². The number of benzene rings is 2. The first-order chi connectivity index (χ1) is 18.0. The van der Waals surface area contributed by atoms with Gasteiger partial charge in [0.15, 0.2) is 11.5 Å². The van der Waals surface area contributed by atoms with Gasteiger partial charge in [-0.15, -0.1) is 0 Å². The molecule has 12 heteroatoms. The highest BCUT2D eigenvalue weighted by molar-refractivity contribution is 7.57. The number of carbonyl (C=O) groups excluding carboxylic acids is 1. The number of nitrogens with one attached hydrogen (secondary N) is 1. The lowest BCUT2D eigenvalue weighted by molar-refractivity contribution is -0.153. The predicted octanol–water partition coefficient (Wildman–Crippen LogP) is 4.52. The normalized spacial score (nSPS) is 14.5. The van der Waals surface area contributed by atoms with Gasteiger partial charge in [-0.1, -0.05) is 36.4 Å². The molecule has 202 valence electrons. The summed E-state index contributed by atoms with van der Waals surface area (Å²) in [5.74, 6) is 0.149. The summed E-state index contributed by atoms with van der Waals surface area (Å²) in [7, 11) is -3.81. The average Bonchev–Trinajstić information content (AvgIpc) is 3.26. The Labute approximate surface area is 221 Å². The Morgan fingerprint density at radius 2 is 1.84 bits per heavy atom. The SMILES string of the molecule is CC(C)OC(=O)C(C)(C)NP(=O)(CO[C@H](C)Cn1cnc2c(N)ncnc21)Oc1cccc2ccccc12. The van der Waals surface area contributed by atoms with E-state index in [0.717, 1.165) is 10.8 Å². The van der Waals surface area contributed by atoms with Crippen LogP contribution in [-0.4, -0.2) is 49.6 Å². The predicted molar refractivity (Wildman–Crippen MR) is 146 cm³/mol. The van der Waals surface area contributed by atoms with Crippen molar-refractivity contribution in [3.63, 3.8) is 0 Å². The van der Waals surface area contributed by atoms with Crippen LogP contribution in [0.15, 0.2) is 55.1 Å². The molecule has 2 aromatic heterocycles. The van der Waals surface area contributed by atoms with Gasteiger partial charge >= 0.3 is 13.5 Å². The van der Waals surface area contributed by atoms with Crippen molar-refractivity contribution in [1.82, 2.24) is 24.6 Å². The molecule has 0 amide bonds. The summed E-state index contributed by atoms with van der Waals surface area (Å²) in [6.45, 7) is 8.90. The van der Waals surface area contributed by atoms with Gasteiger partial charge in [0.25, 0.3) is 0 Å². The number of nitrogen functional groups attached to an aromatic ring is 1. The molecule has 0 aliphatic heterocycles. The van der Waals surface area contributed by atoms with Crippen LogP contribution >= 0.6 is 7.52 Å². The molecule has 2 atom stereocenters. The van der Waals surface area contributed by atoms with Crippen molar-refractivity contribution < 1.29 is 23.4 Å². The molecule has 0 bridgehead atoms. The van der Waals surface area contributed by atoms with Gasteiger partial charge < -0.3 is 24.3 Å². The number of imidazole rings is 1. The van der Waals surface area contributed by atoms with E-state index in [0.29, 0.717) is 23.5 Å². The van der Waals surface area contributed by atoms with E-state index in [1.54, 1.807) is 44.7 Å². The zero-order chi connectivity index (χ0) is 27.5. The molecule has 0 fully saturated rings.